The molecule has 2 rings (SSSR count). The minimum atomic E-state index is -1.20. The van der Waals surface area contributed by atoms with Crippen LogP contribution in [-0.4, -0.2) is 9.19 Å². The molecule has 0 aliphatic carbocycles. The van der Waals surface area contributed by atoms with Crippen molar-refractivity contribution in [2.75, 3.05) is 5.73 Å². The maximum absolute atomic E-state index is 12.1. The molecule has 1 heterocycles. The lowest BCUT2D eigenvalue weighted by Crippen LogP contribution is -2.01. The molecule has 0 saturated heterocycles. The van der Waals surface area contributed by atoms with E-state index in [1.54, 1.807) is 24.4 Å². The highest BCUT2D eigenvalue weighted by atomic mass is 35.5. The van der Waals surface area contributed by atoms with Crippen LogP contribution in [0.3, 0.4) is 0 Å². The topological polar surface area (TPSA) is 56.0 Å². The van der Waals surface area contributed by atoms with Crippen LogP contribution in [0.25, 0.3) is 0 Å². The smallest absolute Gasteiger partial charge is 0.0706 e. The average Bonchev–Trinajstić information content (AvgIpc) is 2.30. The van der Waals surface area contributed by atoms with Crippen molar-refractivity contribution < 1.29 is 4.21 Å². The number of hydrogen-bond donors (Lipinski definition) is 1. The van der Waals surface area contributed by atoms with Gasteiger partial charge in [-0.15, -0.1) is 0 Å². The number of hydrogen-bond acceptors (Lipinski definition) is 3. The summed E-state index contributed by atoms with van der Waals surface area (Å²) in [6.45, 7) is 0. The zero-order valence-electron chi connectivity index (χ0n) is 8.97. The van der Waals surface area contributed by atoms with Crippen LogP contribution < -0.4 is 5.73 Å². The van der Waals surface area contributed by atoms with Crippen LogP contribution in [0.4, 0.5) is 5.69 Å². The molecule has 0 fully saturated rings. The second-order valence-corrected chi connectivity index (χ2v) is 5.35. The number of nitrogens with two attached hydrogens (primary N) is 1. The van der Waals surface area contributed by atoms with E-state index in [0.717, 1.165) is 5.69 Å². The van der Waals surface area contributed by atoms with E-state index in [4.69, 9.17) is 17.3 Å². The molecule has 1 aromatic carbocycles. The number of halogens is 1. The largest absolute Gasteiger partial charge is 0.398 e. The average molecular weight is 267 g/mol. The molecule has 0 bridgehead atoms. The van der Waals surface area contributed by atoms with Crippen LogP contribution >= 0.6 is 11.6 Å². The molecule has 1 unspecified atom stereocenters. The molecule has 1 atom stereocenters. The Morgan fingerprint density at radius 2 is 2.12 bits per heavy atom. The van der Waals surface area contributed by atoms with Gasteiger partial charge in [-0.3, -0.25) is 9.19 Å². The van der Waals surface area contributed by atoms with Crippen molar-refractivity contribution in [1.82, 2.24) is 4.98 Å². The standard InChI is InChI=1S/C12H11ClN2OS/c13-9-4-5-12(11(14)7-9)17(16)8-10-3-1-2-6-15-10/h1-7H,8,14H2. The van der Waals surface area contributed by atoms with E-state index < -0.39 is 10.8 Å². The maximum atomic E-state index is 12.1. The first kappa shape index (κ1) is 12.1. The molecule has 0 aliphatic heterocycles. The van der Waals surface area contributed by atoms with Crippen LogP contribution in [0.5, 0.6) is 0 Å². The summed E-state index contributed by atoms with van der Waals surface area (Å²) >= 11 is 5.79. The van der Waals surface area contributed by atoms with Crippen LogP contribution in [0, 0.1) is 0 Å². The molecule has 1 aromatic heterocycles. The Morgan fingerprint density at radius 1 is 1.29 bits per heavy atom. The molecule has 88 valence electrons. The van der Waals surface area contributed by atoms with Gasteiger partial charge in [-0.05, 0) is 30.3 Å². The second kappa shape index (κ2) is 5.29. The van der Waals surface area contributed by atoms with Crippen molar-refractivity contribution in [2.24, 2.45) is 0 Å². The molecule has 0 spiro atoms. The summed E-state index contributed by atoms with van der Waals surface area (Å²) in [5.74, 6) is 0.354. The fourth-order valence-corrected chi connectivity index (χ4v) is 2.74. The lowest BCUT2D eigenvalue weighted by Gasteiger charge is -2.05. The molecule has 5 heteroatoms. The highest BCUT2D eigenvalue weighted by Gasteiger charge is 2.09. The van der Waals surface area contributed by atoms with Gasteiger partial charge in [-0.2, -0.15) is 0 Å². The van der Waals surface area contributed by atoms with Crippen molar-refractivity contribution in [1.29, 1.82) is 0 Å². The first-order valence-corrected chi connectivity index (χ1v) is 6.70. The van der Waals surface area contributed by atoms with E-state index in [1.807, 2.05) is 18.2 Å². The minimum absolute atomic E-state index is 0.354. The van der Waals surface area contributed by atoms with Crippen molar-refractivity contribution in [3.63, 3.8) is 0 Å². The normalized spacial score (nSPS) is 12.3. The van der Waals surface area contributed by atoms with Gasteiger partial charge >= 0.3 is 0 Å². The molecule has 2 aromatic rings. The van der Waals surface area contributed by atoms with Gasteiger partial charge in [0.15, 0.2) is 0 Å². The van der Waals surface area contributed by atoms with E-state index >= 15 is 0 Å². The Labute approximate surface area is 107 Å². The number of pyridine rings is 1. The van der Waals surface area contributed by atoms with Gasteiger partial charge in [0.05, 0.1) is 27.1 Å². The third-order valence-corrected chi connectivity index (χ3v) is 3.88. The monoisotopic (exact) mass is 266 g/mol. The predicted octanol–water partition coefficient (Wildman–Crippen LogP) is 2.63. The summed E-state index contributed by atoms with van der Waals surface area (Å²) in [7, 11) is -1.20. The van der Waals surface area contributed by atoms with Crippen molar-refractivity contribution in [2.45, 2.75) is 10.6 Å². The number of aromatic nitrogens is 1. The number of anilines is 1. The third kappa shape index (κ3) is 3.05. The summed E-state index contributed by atoms with van der Waals surface area (Å²) in [5, 5.41) is 0.543. The Bertz CT molecular complexity index is 545. The highest BCUT2D eigenvalue weighted by molar-refractivity contribution is 7.84. The summed E-state index contributed by atoms with van der Waals surface area (Å²) in [6.07, 6.45) is 1.68. The quantitative estimate of drug-likeness (QED) is 0.869. The van der Waals surface area contributed by atoms with E-state index in [-0.39, 0.29) is 0 Å². The van der Waals surface area contributed by atoms with Gasteiger partial charge < -0.3 is 5.73 Å². The molecule has 0 saturated carbocycles. The van der Waals surface area contributed by atoms with Crippen LogP contribution in [0.15, 0.2) is 47.5 Å². The zero-order chi connectivity index (χ0) is 12.3. The lowest BCUT2D eigenvalue weighted by molar-refractivity contribution is 0.682. The Kier molecular flexibility index (Phi) is 3.76. The minimum Gasteiger partial charge on any atom is -0.398 e. The summed E-state index contributed by atoms with van der Waals surface area (Å²) in [6, 6.07) is 10.5. The number of benzene rings is 1. The summed E-state index contributed by atoms with van der Waals surface area (Å²) in [5.41, 5.74) is 7.01. The first-order valence-electron chi connectivity index (χ1n) is 5.00. The lowest BCUT2D eigenvalue weighted by atomic mass is 10.3. The maximum Gasteiger partial charge on any atom is 0.0706 e. The van der Waals surface area contributed by atoms with Gasteiger partial charge in [0.1, 0.15) is 0 Å². The summed E-state index contributed by atoms with van der Waals surface area (Å²) in [4.78, 5) is 4.73. The molecular formula is C12H11ClN2OS. The highest BCUT2D eigenvalue weighted by Crippen LogP contribution is 2.22. The fraction of sp³-hybridized carbons (Fsp3) is 0.0833. The first-order chi connectivity index (χ1) is 8.16. The molecule has 0 aliphatic rings. The summed E-state index contributed by atoms with van der Waals surface area (Å²) < 4.78 is 12.1. The van der Waals surface area contributed by atoms with Gasteiger partial charge in [-0.1, -0.05) is 17.7 Å². The SMILES string of the molecule is Nc1cc(Cl)ccc1S(=O)Cc1ccccn1. The molecule has 0 amide bonds. The van der Waals surface area contributed by atoms with Crippen LogP contribution in [-0.2, 0) is 16.6 Å². The molecule has 3 nitrogen and oxygen atoms in total. The Hall–Kier alpha value is -1.39. The molecular weight excluding hydrogens is 256 g/mol. The molecule has 17 heavy (non-hydrogen) atoms. The van der Waals surface area contributed by atoms with E-state index in [0.29, 0.717) is 21.4 Å². The predicted molar refractivity (Wildman–Crippen MR) is 70.2 cm³/mol. The zero-order valence-corrected chi connectivity index (χ0v) is 10.5. The van der Waals surface area contributed by atoms with Crippen LogP contribution in [0.1, 0.15) is 5.69 Å². The Balaban J connectivity index is 2.21. The van der Waals surface area contributed by atoms with Crippen molar-refractivity contribution >= 4 is 28.1 Å². The number of nitrogen functional groups attached to an aromatic ring is 1. The van der Waals surface area contributed by atoms with Gasteiger partial charge in [0.2, 0.25) is 0 Å². The fourth-order valence-electron chi connectivity index (χ4n) is 1.42. The van der Waals surface area contributed by atoms with E-state index in [9.17, 15) is 4.21 Å². The molecule has 0 radical (unpaired) electrons. The van der Waals surface area contributed by atoms with E-state index in [1.165, 1.54) is 0 Å². The van der Waals surface area contributed by atoms with Crippen molar-refractivity contribution in [3.8, 4) is 0 Å². The third-order valence-electron chi connectivity index (χ3n) is 2.22. The number of nitrogens with zero attached hydrogens (tertiary/aromatic N) is 1. The van der Waals surface area contributed by atoms with Gasteiger partial charge in [0, 0.05) is 16.9 Å². The van der Waals surface area contributed by atoms with E-state index in [2.05, 4.69) is 4.98 Å². The molecule has 2 N–H and O–H groups in total. The number of rotatable bonds is 3. The Morgan fingerprint density at radius 3 is 2.76 bits per heavy atom. The second-order valence-electron chi connectivity index (χ2n) is 3.49. The van der Waals surface area contributed by atoms with Crippen LogP contribution in [0.2, 0.25) is 5.02 Å². The van der Waals surface area contributed by atoms with Crippen molar-refractivity contribution in [3.05, 3.63) is 53.3 Å². The van der Waals surface area contributed by atoms with Gasteiger partial charge in [-0.25, -0.2) is 0 Å². The van der Waals surface area contributed by atoms with Gasteiger partial charge in [0.25, 0.3) is 0 Å².